The van der Waals surface area contributed by atoms with Crippen LogP contribution in [-0.2, 0) is 16.1 Å². The molecule has 1 atom stereocenters. The van der Waals surface area contributed by atoms with Crippen LogP contribution in [0.2, 0.25) is 10.0 Å². The summed E-state index contributed by atoms with van der Waals surface area (Å²) < 4.78 is 5.80. The number of rotatable bonds is 7. The predicted octanol–water partition coefficient (Wildman–Crippen LogP) is 5.32. The van der Waals surface area contributed by atoms with Crippen LogP contribution in [0.1, 0.15) is 44.4 Å². The number of carbonyl (C=O) groups excluding carboxylic acids is 2. The average molecular weight is 465 g/mol. The van der Waals surface area contributed by atoms with Crippen LogP contribution in [-0.4, -0.2) is 34.9 Å². The number of carbonyl (C=O) groups is 2. The van der Waals surface area contributed by atoms with Gasteiger partial charge in [-0.1, -0.05) is 41.4 Å². The highest BCUT2D eigenvalue weighted by Crippen LogP contribution is 2.24. The van der Waals surface area contributed by atoms with Crippen molar-refractivity contribution in [2.75, 3.05) is 6.61 Å². The maximum atomic E-state index is 13.1. The highest BCUT2D eigenvalue weighted by molar-refractivity contribution is 6.42. The lowest BCUT2D eigenvalue weighted by atomic mass is 10.1. The molecule has 0 bridgehead atoms. The molecule has 0 aliphatic rings. The first-order valence-electron chi connectivity index (χ1n) is 10.1. The fraction of sp³-hybridized carbons (Fsp3) is 0.417. The molecule has 0 aromatic heterocycles. The van der Waals surface area contributed by atoms with Crippen LogP contribution in [0.3, 0.4) is 0 Å². The summed E-state index contributed by atoms with van der Waals surface area (Å²) in [6, 6.07) is 10.3. The van der Waals surface area contributed by atoms with Crippen LogP contribution in [0.5, 0.6) is 5.75 Å². The van der Waals surface area contributed by atoms with Gasteiger partial charge in [0.2, 0.25) is 5.91 Å². The van der Waals surface area contributed by atoms with Gasteiger partial charge in [-0.25, -0.2) is 0 Å². The number of hydrogen-bond acceptors (Lipinski definition) is 3. The highest BCUT2D eigenvalue weighted by Gasteiger charge is 2.29. The molecule has 0 saturated heterocycles. The van der Waals surface area contributed by atoms with Gasteiger partial charge in [-0.15, -0.1) is 0 Å². The molecule has 0 saturated carbocycles. The van der Waals surface area contributed by atoms with Crippen LogP contribution in [0.15, 0.2) is 36.4 Å². The van der Waals surface area contributed by atoms with Gasteiger partial charge in [0.15, 0.2) is 6.61 Å². The first-order chi connectivity index (χ1) is 14.4. The van der Waals surface area contributed by atoms with Gasteiger partial charge in [0.25, 0.3) is 5.91 Å². The lowest BCUT2D eigenvalue weighted by Crippen LogP contribution is -2.53. The number of nitrogens with zero attached hydrogens (tertiary/aromatic N) is 1. The van der Waals surface area contributed by atoms with E-state index in [1.165, 1.54) is 4.90 Å². The summed E-state index contributed by atoms with van der Waals surface area (Å²) in [6.07, 6.45) is 0. The maximum Gasteiger partial charge on any atom is 0.261 e. The summed E-state index contributed by atoms with van der Waals surface area (Å²) in [5, 5.41) is 3.75. The molecule has 2 aromatic rings. The molecule has 2 amide bonds. The second kappa shape index (κ2) is 10.4. The SMILES string of the molecule is Cc1ccc(C)c(OCC(=O)N(Cc2ccc(Cl)c(Cl)c2)C(C)C(=O)NC(C)(C)C)c1. The second-order valence-electron chi connectivity index (χ2n) is 8.74. The van der Waals surface area contributed by atoms with Crippen molar-refractivity contribution in [3.63, 3.8) is 0 Å². The molecule has 1 unspecified atom stereocenters. The number of halogens is 2. The molecule has 0 heterocycles. The summed E-state index contributed by atoms with van der Waals surface area (Å²) in [5.41, 5.74) is 2.33. The molecule has 0 fully saturated rings. The quantitative estimate of drug-likeness (QED) is 0.602. The summed E-state index contributed by atoms with van der Waals surface area (Å²) in [4.78, 5) is 27.4. The monoisotopic (exact) mass is 464 g/mol. The Bertz CT molecular complexity index is 954. The second-order valence-corrected chi connectivity index (χ2v) is 9.56. The Hall–Kier alpha value is -2.24. The van der Waals surface area contributed by atoms with Crippen molar-refractivity contribution >= 4 is 35.0 Å². The van der Waals surface area contributed by atoms with E-state index in [4.69, 9.17) is 27.9 Å². The zero-order chi connectivity index (χ0) is 23.3. The van der Waals surface area contributed by atoms with Gasteiger partial charge in [0.1, 0.15) is 11.8 Å². The molecule has 7 heteroatoms. The van der Waals surface area contributed by atoms with Gasteiger partial charge in [0.05, 0.1) is 10.0 Å². The largest absolute Gasteiger partial charge is 0.483 e. The van der Waals surface area contributed by atoms with E-state index in [-0.39, 0.29) is 25.0 Å². The maximum absolute atomic E-state index is 13.1. The van der Waals surface area contributed by atoms with E-state index in [1.807, 2.05) is 52.8 Å². The van der Waals surface area contributed by atoms with E-state index in [1.54, 1.807) is 25.1 Å². The molecule has 2 rings (SSSR count). The van der Waals surface area contributed by atoms with Crippen LogP contribution in [0.25, 0.3) is 0 Å². The molecular formula is C24H30Cl2N2O3. The van der Waals surface area contributed by atoms with Crippen molar-refractivity contribution < 1.29 is 14.3 Å². The Labute approximate surface area is 194 Å². The number of amides is 2. The first kappa shape index (κ1) is 25.0. The molecule has 0 aliphatic heterocycles. The van der Waals surface area contributed by atoms with E-state index >= 15 is 0 Å². The Morgan fingerprint density at radius 3 is 2.35 bits per heavy atom. The third kappa shape index (κ3) is 7.44. The van der Waals surface area contributed by atoms with Gasteiger partial charge >= 0.3 is 0 Å². The number of ether oxygens (including phenoxy) is 1. The van der Waals surface area contributed by atoms with Gasteiger partial charge in [-0.3, -0.25) is 9.59 Å². The molecule has 5 nitrogen and oxygen atoms in total. The predicted molar refractivity (Wildman–Crippen MR) is 126 cm³/mol. The van der Waals surface area contributed by atoms with Crippen LogP contribution < -0.4 is 10.1 Å². The third-order valence-electron chi connectivity index (χ3n) is 4.70. The molecule has 0 radical (unpaired) electrons. The summed E-state index contributed by atoms with van der Waals surface area (Å²) in [6.45, 7) is 11.3. The number of hydrogen-bond donors (Lipinski definition) is 1. The Balaban J connectivity index is 2.24. The van der Waals surface area contributed by atoms with E-state index in [9.17, 15) is 9.59 Å². The van der Waals surface area contributed by atoms with Crippen LogP contribution in [0, 0.1) is 13.8 Å². The zero-order valence-electron chi connectivity index (χ0n) is 18.9. The van der Waals surface area contributed by atoms with Crippen molar-refractivity contribution in [2.24, 2.45) is 0 Å². The van der Waals surface area contributed by atoms with Crippen molar-refractivity contribution in [1.29, 1.82) is 0 Å². The van der Waals surface area contributed by atoms with E-state index in [0.29, 0.717) is 15.8 Å². The lowest BCUT2D eigenvalue weighted by molar-refractivity contribution is -0.142. The van der Waals surface area contributed by atoms with E-state index < -0.39 is 11.6 Å². The first-order valence-corrected chi connectivity index (χ1v) is 10.9. The van der Waals surface area contributed by atoms with Gasteiger partial charge in [-0.05, 0) is 76.4 Å². The van der Waals surface area contributed by atoms with Crippen molar-refractivity contribution in [3.8, 4) is 5.75 Å². The van der Waals surface area contributed by atoms with Gasteiger partial charge in [-0.2, -0.15) is 0 Å². The minimum Gasteiger partial charge on any atom is -0.483 e. The standard InChI is InChI=1S/C24H30Cl2N2O3/c1-15-7-8-16(2)21(11-15)31-14-22(29)28(17(3)23(30)27-24(4,5)6)13-18-9-10-19(25)20(26)12-18/h7-12,17H,13-14H2,1-6H3,(H,27,30). The minimum atomic E-state index is -0.705. The topological polar surface area (TPSA) is 58.6 Å². The molecule has 0 aliphatic carbocycles. The summed E-state index contributed by atoms with van der Waals surface area (Å²) >= 11 is 12.2. The molecule has 0 spiro atoms. The fourth-order valence-electron chi connectivity index (χ4n) is 2.98. The molecule has 2 aromatic carbocycles. The van der Waals surface area contributed by atoms with Crippen molar-refractivity contribution in [3.05, 3.63) is 63.1 Å². The molecule has 1 N–H and O–H groups in total. The molecular weight excluding hydrogens is 435 g/mol. The highest BCUT2D eigenvalue weighted by atomic mass is 35.5. The van der Waals surface area contributed by atoms with Crippen molar-refractivity contribution in [1.82, 2.24) is 10.2 Å². The smallest absolute Gasteiger partial charge is 0.261 e. The molecule has 168 valence electrons. The minimum absolute atomic E-state index is 0.182. The normalized spacial score (nSPS) is 12.3. The summed E-state index contributed by atoms with van der Waals surface area (Å²) in [7, 11) is 0. The Morgan fingerprint density at radius 2 is 1.74 bits per heavy atom. The molecule has 31 heavy (non-hydrogen) atoms. The Morgan fingerprint density at radius 1 is 1.06 bits per heavy atom. The number of benzene rings is 2. The van der Waals surface area contributed by atoms with Gasteiger partial charge in [0, 0.05) is 12.1 Å². The van der Waals surface area contributed by atoms with Crippen LogP contribution >= 0.6 is 23.2 Å². The van der Waals surface area contributed by atoms with Crippen LogP contribution in [0.4, 0.5) is 0 Å². The number of nitrogens with one attached hydrogen (secondary N) is 1. The summed E-state index contributed by atoms with van der Waals surface area (Å²) in [5.74, 6) is 0.103. The van der Waals surface area contributed by atoms with Gasteiger partial charge < -0.3 is 15.0 Å². The fourth-order valence-corrected chi connectivity index (χ4v) is 3.30. The lowest BCUT2D eigenvalue weighted by Gasteiger charge is -2.31. The van der Waals surface area contributed by atoms with E-state index in [0.717, 1.165) is 16.7 Å². The van der Waals surface area contributed by atoms with Crippen molar-refractivity contribution in [2.45, 2.75) is 59.7 Å². The third-order valence-corrected chi connectivity index (χ3v) is 5.44. The number of aryl methyl sites for hydroxylation is 2. The van der Waals surface area contributed by atoms with E-state index in [2.05, 4.69) is 5.32 Å². The average Bonchev–Trinajstić information content (AvgIpc) is 2.67. The zero-order valence-corrected chi connectivity index (χ0v) is 20.4. The Kier molecular flexibility index (Phi) is 8.38.